The van der Waals surface area contributed by atoms with Gasteiger partial charge in [-0.15, -0.1) is 0 Å². The number of benzene rings is 1. The average molecular weight is 375 g/mol. The van der Waals surface area contributed by atoms with E-state index in [1.807, 2.05) is 18.3 Å². The van der Waals surface area contributed by atoms with Crippen molar-refractivity contribution in [2.75, 3.05) is 31.1 Å². The van der Waals surface area contributed by atoms with Gasteiger partial charge in [-0.2, -0.15) is 0 Å². The molecular formula is C19H25N3O3S. The lowest BCUT2D eigenvalue weighted by atomic mass is 9.80. The van der Waals surface area contributed by atoms with Crippen molar-refractivity contribution in [3.63, 3.8) is 0 Å². The Morgan fingerprint density at radius 1 is 1.27 bits per heavy atom. The zero-order chi connectivity index (χ0) is 18.2. The van der Waals surface area contributed by atoms with Gasteiger partial charge in [-0.05, 0) is 43.4 Å². The van der Waals surface area contributed by atoms with Gasteiger partial charge >= 0.3 is 6.03 Å². The Hall–Kier alpha value is -2.02. The van der Waals surface area contributed by atoms with Crippen molar-refractivity contribution in [3.05, 3.63) is 36.0 Å². The molecule has 0 aliphatic carbocycles. The van der Waals surface area contributed by atoms with Gasteiger partial charge < -0.3 is 15.2 Å². The Morgan fingerprint density at radius 3 is 2.96 bits per heavy atom. The standard InChI is InChI=1S/C19H25N3O3S/c23-18(21-9-5-15-3-1-4-17-16(15)6-10-20-17)22-11-2-7-19(13-22)8-12-26(24,25)14-19/h1,3-4,6,10,20H,2,5,7-9,11-14H2,(H,21,23). The van der Waals surface area contributed by atoms with E-state index in [1.54, 1.807) is 4.90 Å². The number of likely N-dealkylation sites (tertiary alicyclic amines) is 1. The van der Waals surface area contributed by atoms with Gasteiger partial charge in [0.25, 0.3) is 0 Å². The van der Waals surface area contributed by atoms with Gasteiger partial charge in [0.2, 0.25) is 0 Å². The summed E-state index contributed by atoms with van der Waals surface area (Å²) in [6, 6.07) is 8.13. The van der Waals surface area contributed by atoms with Gasteiger partial charge in [0, 0.05) is 42.1 Å². The molecule has 6 nitrogen and oxygen atoms in total. The number of urea groups is 1. The van der Waals surface area contributed by atoms with Crippen LogP contribution >= 0.6 is 0 Å². The van der Waals surface area contributed by atoms with Crippen LogP contribution in [-0.2, 0) is 16.3 Å². The maximum Gasteiger partial charge on any atom is 0.317 e. The van der Waals surface area contributed by atoms with E-state index < -0.39 is 9.84 Å². The highest BCUT2D eigenvalue weighted by Gasteiger charge is 2.45. The fourth-order valence-corrected chi connectivity index (χ4v) is 6.67. The van der Waals surface area contributed by atoms with Crippen LogP contribution in [0.1, 0.15) is 24.8 Å². The molecular weight excluding hydrogens is 350 g/mol. The SMILES string of the molecule is O=C(NCCc1cccc2[nH]ccc12)N1CCCC2(CCS(=O)(=O)C2)C1. The first-order chi connectivity index (χ1) is 12.5. The summed E-state index contributed by atoms with van der Waals surface area (Å²) in [6.45, 7) is 1.84. The predicted molar refractivity (Wildman–Crippen MR) is 102 cm³/mol. The smallest absolute Gasteiger partial charge is 0.317 e. The molecule has 2 amide bonds. The molecule has 1 unspecified atom stereocenters. The largest absolute Gasteiger partial charge is 0.361 e. The van der Waals surface area contributed by atoms with E-state index in [9.17, 15) is 13.2 Å². The Labute approximate surface area is 153 Å². The third-order valence-corrected chi connectivity index (χ3v) is 7.65. The summed E-state index contributed by atoms with van der Waals surface area (Å²) < 4.78 is 23.7. The van der Waals surface area contributed by atoms with Gasteiger partial charge in [0.15, 0.2) is 9.84 Å². The molecule has 4 rings (SSSR count). The van der Waals surface area contributed by atoms with E-state index in [0.717, 1.165) is 24.8 Å². The second-order valence-electron chi connectivity index (χ2n) is 7.71. The number of nitrogens with one attached hydrogen (secondary N) is 2. The molecule has 3 heterocycles. The van der Waals surface area contributed by atoms with Crippen LogP contribution in [0.2, 0.25) is 0 Å². The molecule has 1 aromatic carbocycles. The quantitative estimate of drug-likeness (QED) is 0.864. The molecule has 2 aliphatic heterocycles. The van der Waals surface area contributed by atoms with Crippen molar-refractivity contribution in [3.8, 4) is 0 Å². The number of amides is 2. The number of fused-ring (bicyclic) bond motifs is 1. The molecule has 2 fully saturated rings. The molecule has 2 aliphatic rings. The van der Waals surface area contributed by atoms with Crippen molar-refractivity contribution in [2.45, 2.75) is 25.7 Å². The molecule has 26 heavy (non-hydrogen) atoms. The summed E-state index contributed by atoms with van der Waals surface area (Å²) in [5, 5.41) is 4.20. The van der Waals surface area contributed by atoms with Crippen LogP contribution in [0.4, 0.5) is 4.79 Å². The third kappa shape index (κ3) is 3.45. The van der Waals surface area contributed by atoms with Crippen LogP contribution in [0, 0.1) is 5.41 Å². The topological polar surface area (TPSA) is 82.3 Å². The van der Waals surface area contributed by atoms with E-state index in [4.69, 9.17) is 0 Å². The predicted octanol–water partition coefficient (Wildman–Crippen LogP) is 2.32. The highest BCUT2D eigenvalue weighted by Crippen LogP contribution is 2.40. The van der Waals surface area contributed by atoms with Gasteiger partial charge in [0.1, 0.15) is 0 Å². The van der Waals surface area contributed by atoms with Crippen molar-refractivity contribution in [1.82, 2.24) is 15.2 Å². The second kappa shape index (κ2) is 6.61. The molecule has 0 radical (unpaired) electrons. The highest BCUT2D eigenvalue weighted by atomic mass is 32.2. The Bertz CT molecular complexity index is 921. The van der Waals surface area contributed by atoms with Gasteiger partial charge in [0.05, 0.1) is 11.5 Å². The molecule has 1 spiro atoms. The summed E-state index contributed by atoms with van der Waals surface area (Å²) in [5.41, 5.74) is 2.10. The van der Waals surface area contributed by atoms with Gasteiger partial charge in [-0.1, -0.05) is 12.1 Å². The van der Waals surface area contributed by atoms with Crippen LogP contribution in [0.25, 0.3) is 10.9 Å². The molecule has 2 aromatic rings. The molecule has 2 saturated heterocycles. The number of aromatic nitrogens is 1. The number of carbonyl (C=O) groups excluding carboxylic acids is 1. The number of carbonyl (C=O) groups is 1. The van der Waals surface area contributed by atoms with Crippen LogP contribution in [0.3, 0.4) is 0 Å². The third-order valence-electron chi connectivity index (χ3n) is 5.77. The first kappa shape index (κ1) is 17.4. The molecule has 1 aromatic heterocycles. The summed E-state index contributed by atoms with van der Waals surface area (Å²) in [5.74, 6) is 0.502. The number of sulfone groups is 1. The first-order valence-electron chi connectivity index (χ1n) is 9.25. The lowest BCUT2D eigenvalue weighted by Gasteiger charge is -2.39. The van der Waals surface area contributed by atoms with Crippen molar-refractivity contribution < 1.29 is 13.2 Å². The van der Waals surface area contributed by atoms with E-state index >= 15 is 0 Å². The normalized spacial score (nSPS) is 25.0. The lowest BCUT2D eigenvalue weighted by Crippen LogP contribution is -2.50. The zero-order valence-electron chi connectivity index (χ0n) is 14.8. The highest BCUT2D eigenvalue weighted by molar-refractivity contribution is 7.91. The number of hydrogen-bond acceptors (Lipinski definition) is 3. The number of aromatic amines is 1. The minimum Gasteiger partial charge on any atom is -0.361 e. The minimum absolute atomic E-state index is 0.0744. The van der Waals surface area contributed by atoms with Gasteiger partial charge in [-0.25, -0.2) is 13.2 Å². The number of H-pyrrole nitrogens is 1. The maximum atomic E-state index is 12.6. The van der Waals surface area contributed by atoms with Crippen molar-refractivity contribution in [1.29, 1.82) is 0 Å². The van der Waals surface area contributed by atoms with E-state index in [2.05, 4.69) is 22.4 Å². The summed E-state index contributed by atoms with van der Waals surface area (Å²) >= 11 is 0. The first-order valence-corrected chi connectivity index (χ1v) is 11.1. The molecule has 140 valence electrons. The Balaban J connectivity index is 1.34. The monoisotopic (exact) mass is 375 g/mol. The second-order valence-corrected chi connectivity index (χ2v) is 9.89. The Kier molecular flexibility index (Phi) is 4.42. The number of piperidine rings is 1. The maximum absolute atomic E-state index is 12.6. The van der Waals surface area contributed by atoms with Crippen LogP contribution < -0.4 is 5.32 Å². The Morgan fingerprint density at radius 2 is 2.15 bits per heavy atom. The molecule has 0 bridgehead atoms. The van der Waals surface area contributed by atoms with E-state index in [0.29, 0.717) is 26.1 Å². The van der Waals surface area contributed by atoms with E-state index in [1.165, 1.54) is 10.9 Å². The van der Waals surface area contributed by atoms with Crippen molar-refractivity contribution in [2.24, 2.45) is 5.41 Å². The fraction of sp³-hybridized carbons (Fsp3) is 0.526. The van der Waals surface area contributed by atoms with Crippen LogP contribution in [-0.4, -0.2) is 55.5 Å². The lowest BCUT2D eigenvalue weighted by molar-refractivity contribution is 0.122. The number of hydrogen-bond donors (Lipinski definition) is 2. The molecule has 2 N–H and O–H groups in total. The molecule has 0 saturated carbocycles. The minimum atomic E-state index is -2.93. The molecule has 1 atom stereocenters. The van der Waals surface area contributed by atoms with Crippen LogP contribution in [0.15, 0.2) is 30.5 Å². The number of rotatable bonds is 3. The number of nitrogens with zero attached hydrogens (tertiary/aromatic N) is 1. The van der Waals surface area contributed by atoms with Crippen LogP contribution in [0.5, 0.6) is 0 Å². The molecule has 7 heteroatoms. The summed E-state index contributed by atoms with van der Waals surface area (Å²) in [4.78, 5) is 17.6. The van der Waals surface area contributed by atoms with Gasteiger partial charge in [-0.3, -0.25) is 0 Å². The average Bonchev–Trinajstić information content (AvgIpc) is 3.20. The fourth-order valence-electron chi connectivity index (χ4n) is 4.47. The zero-order valence-corrected chi connectivity index (χ0v) is 15.6. The summed E-state index contributed by atoms with van der Waals surface area (Å²) in [6.07, 6.45) is 5.18. The summed E-state index contributed by atoms with van der Waals surface area (Å²) in [7, 11) is -2.93. The van der Waals surface area contributed by atoms with E-state index in [-0.39, 0.29) is 23.0 Å². The van der Waals surface area contributed by atoms with Crippen molar-refractivity contribution >= 4 is 26.8 Å².